The molecule has 1 N–H and O–H groups in total. The van der Waals surface area contributed by atoms with Crippen molar-refractivity contribution in [1.29, 1.82) is 0 Å². The zero-order chi connectivity index (χ0) is 20.0. The first-order valence-electron chi connectivity index (χ1n) is 9.42. The summed E-state index contributed by atoms with van der Waals surface area (Å²) < 4.78 is 33.5. The van der Waals surface area contributed by atoms with Crippen molar-refractivity contribution in [1.82, 2.24) is 14.6 Å². The Kier molecular flexibility index (Phi) is 6.64. The summed E-state index contributed by atoms with van der Waals surface area (Å²) in [5, 5.41) is 0. The quantitative estimate of drug-likeness (QED) is 0.766. The minimum absolute atomic E-state index is 0.00734. The van der Waals surface area contributed by atoms with Crippen LogP contribution in [0.3, 0.4) is 0 Å². The van der Waals surface area contributed by atoms with Crippen molar-refractivity contribution in [3.8, 4) is 5.75 Å². The van der Waals surface area contributed by atoms with E-state index in [2.05, 4.69) is 9.71 Å². The van der Waals surface area contributed by atoms with Gasteiger partial charge < -0.3 is 9.64 Å². The van der Waals surface area contributed by atoms with Crippen molar-refractivity contribution < 1.29 is 17.9 Å². The Labute approximate surface area is 165 Å². The van der Waals surface area contributed by atoms with E-state index in [4.69, 9.17) is 4.74 Å². The van der Waals surface area contributed by atoms with Gasteiger partial charge in [-0.15, -0.1) is 0 Å². The number of piperidine rings is 1. The molecule has 1 fully saturated rings. The molecule has 1 aromatic carbocycles. The van der Waals surface area contributed by atoms with E-state index in [9.17, 15) is 13.2 Å². The van der Waals surface area contributed by atoms with Gasteiger partial charge >= 0.3 is 0 Å². The second-order valence-electron chi connectivity index (χ2n) is 6.70. The Morgan fingerprint density at radius 3 is 2.54 bits per heavy atom. The molecule has 0 radical (unpaired) electrons. The van der Waals surface area contributed by atoms with E-state index in [1.165, 1.54) is 0 Å². The lowest BCUT2D eigenvalue weighted by molar-refractivity contribution is 0.0692. The van der Waals surface area contributed by atoms with Crippen LogP contribution in [0.15, 0.2) is 53.7 Å². The number of nitrogens with zero attached hydrogens (tertiary/aromatic N) is 2. The number of para-hydroxylation sites is 1. The molecule has 1 aromatic heterocycles. The summed E-state index contributed by atoms with van der Waals surface area (Å²) in [5.41, 5.74) is 0.627. The summed E-state index contributed by atoms with van der Waals surface area (Å²) in [7, 11) is -3.65. The third kappa shape index (κ3) is 4.88. The van der Waals surface area contributed by atoms with Gasteiger partial charge in [-0.3, -0.25) is 9.78 Å². The van der Waals surface area contributed by atoms with Gasteiger partial charge in [-0.2, -0.15) is 0 Å². The number of hydrogen-bond acceptors (Lipinski definition) is 5. The molecule has 2 heterocycles. The fourth-order valence-electron chi connectivity index (χ4n) is 3.27. The maximum atomic E-state index is 12.7. The molecule has 2 aromatic rings. The molecule has 28 heavy (non-hydrogen) atoms. The topological polar surface area (TPSA) is 88.6 Å². The summed E-state index contributed by atoms with van der Waals surface area (Å²) in [6.07, 6.45) is 4.72. The van der Waals surface area contributed by atoms with E-state index < -0.39 is 10.0 Å². The van der Waals surface area contributed by atoms with Crippen molar-refractivity contribution in [3.05, 3.63) is 54.4 Å². The fourth-order valence-corrected chi connectivity index (χ4v) is 4.53. The number of rotatable bonds is 7. The molecule has 0 bridgehead atoms. The highest BCUT2D eigenvalue weighted by atomic mass is 32.2. The van der Waals surface area contributed by atoms with E-state index in [0.29, 0.717) is 37.6 Å². The number of carbonyl (C=O) groups is 1. The van der Waals surface area contributed by atoms with Crippen molar-refractivity contribution >= 4 is 15.9 Å². The first kappa shape index (κ1) is 20.3. The van der Waals surface area contributed by atoms with Gasteiger partial charge in [-0.25, -0.2) is 13.1 Å². The average Bonchev–Trinajstić information content (AvgIpc) is 2.73. The molecule has 0 saturated carbocycles. The van der Waals surface area contributed by atoms with Crippen molar-refractivity contribution in [2.24, 2.45) is 5.92 Å². The molecule has 0 aliphatic carbocycles. The largest absolute Gasteiger partial charge is 0.492 e. The Morgan fingerprint density at radius 1 is 1.18 bits per heavy atom. The van der Waals surface area contributed by atoms with Crippen LogP contribution >= 0.6 is 0 Å². The van der Waals surface area contributed by atoms with Crippen LogP contribution in [0.4, 0.5) is 0 Å². The fraction of sp³-hybridized carbons (Fsp3) is 0.400. The number of nitrogens with one attached hydrogen (secondary N) is 1. The van der Waals surface area contributed by atoms with E-state index in [1.807, 2.05) is 11.8 Å². The number of aromatic nitrogens is 1. The van der Waals surface area contributed by atoms with E-state index in [-0.39, 0.29) is 16.7 Å². The maximum Gasteiger partial charge on any atom is 0.253 e. The molecule has 3 rings (SSSR count). The Balaban J connectivity index is 1.55. The predicted octanol–water partition coefficient (Wildman–Crippen LogP) is 2.31. The van der Waals surface area contributed by atoms with E-state index in [1.54, 1.807) is 48.8 Å². The van der Waals surface area contributed by atoms with Gasteiger partial charge in [0.05, 0.1) is 6.61 Å². The van der Waals surface area contributed by atoms with Gasteiger partial charge in [0.1, 0.15) is 10.6 Å². The molecule has 1 aliphatic heterocycles. The van der Waals surface area contributed by atoms with Crippen molar-refractivity contribution in [3.63, 3.8) is 0 Å². The first-order valence-corrected chi connectivity index (χ1v) is 10.9. The van der Waals surface area contributed by atoms with Crippen LogP contribution in [0.5, 0.6) is 5.75 Å². The van der Waals surface area contributed by atoms with Crippen LogP contribution in [-0.2, 0) is 10.0 Å². The second-order valence-corrected chi connectivity index (χ2v) is 8.44. The third-order valence-electron chi connectivity index (χ3n) is 4.83. The number of benzene rings is 1. The van der Waals surface area contributed by atoms with Gasteiger partial charge in [-0.1, -0.05) is 12.1 Å². The summed E-state index contributed by atoms with van der Waals surface area (Å²) >= 11 is 0. The van der Waals surface area contributed by atoms with Gasteiger partial charge in [0.25, 0.3) is 5.91 Å². The summed E-state index contributed by atoms with van der Waals surface area (Å²) in [6, 6.07) is 10.0. The molecule has 7 nitrogen and oxygen atoms in total. The van der Waals surface area contributed by atoms with Crippen LogP contribution < -0.4 is 9.46 Å². The smallest absolute Gasteiger partial charge is 0.253 e. The minimum Gasteiger partial charge on any atom is -0.492 e. The molecule has 0 unspecified atom stereocenters. The number of hydrogen-bond donors (Lipinski definition) is 1. The molecular formula is C20H25N3O4S. The zero-order valence-corrected chi connectivity index (χ0v) is 16.7. The predicted molar refractivity (Wildman–Crippen MR) is 106 cm³/mol. The van der Waals surface area contributed by atoms with Crippen LogP contribution in [-0.4, -0.2) is 50.5 Å². The normalized spacial score (nSPS) is 15.4. The van der Waals surface area contributed by atoms with Crippen molar-refractivity contribution in [2.75, 3.05) is 26.2 Å². The second kappa shape index (κ2) is 9.16. The number of likely N-dealkylation sites (tertiary alicyclic amines) is 1. The number of sulfonamides is 1. The van der Waals surface area contributed by atoms with Crippen LogP contribution in [0.1, 0.15) is 30.1 Å². The average molecular weight is 404 g/mol. The van der Waals surface area contributed by atoms with Crippen LogP contribution in [0.2, 0.25) is 0 Å². The molecule has 0 spiro atoms. The van der Waals surface area contributed by atoms with Crippen LogP contribution in [0.25, 0.3) is 0 Å². The lowest BCUT2D eigenvalue weighted by Crippen LogP contribution is -2.41. The Hall–Kier alpha value is -2.45. The number of amides is 1. The molecular weight excluding hydrogens is 378 g/mol. The van der Waals surface area contributed by atoms with E-state index in [0.717, 1.165) is 12.8 Å². The number of ether oxygens (including phenoxy) is 1. The molecule has 1 aliphatic rings. The third-order valence-corrected chi connectivity index (χ3v) is 6.29. The van der Waals surface area contributed by atoms with Crippen LogP contribution in [0, 0.1) is 5.92 Å². The van der Waals surface area contributed by atoms with Gasteiger partial charge in [-0.05, 0) is 49.9 Å². The highest BCUT2D eigenvalue weighted by Crippen LogP contribution is 2.24. The first-order chi connectivity index (χ1) is 13.5. The highest BCUT2D eigenvalue weighted by molar-refractivity contribution is 7.89. The minimum atomic E-state index is -3.65. The van der Waals surface area contributed by atoms with Crippen molar-refractivity contribution in [2.45, 2.75) is 24.7 Å². The molecule has 150 valence electrons. The summed E-state index contributed by atoms with van der Waals surface area (Å²) in [6.45, 7) is 3.79. The Bertz CT molecular complexity index is 895. The Morgan fingerprint density at radius 2 is 1.86 bits per heavy atom. The monoisotopic (exact) mass is 403 g/mol. The van der Waals surface area contributed by atoms with Gasteiger partial charge in [0, 0.05) is 37.6 Å². The summed E-state index contributed by atoms with van der Waals surface area (Å²) in [4.78, 5) is 18.4. The standard InChI is InChI=1S/C20H25N3O4S/c1-2-27-18-5-3-4-6-19(18)28(25,26)22-15-16-9-13-23(14-10-16)20(24)17-7-11-21-12-8-17/h3-8,11-12,16,22H,2,9-10,13-15H2,1H3. The SMILES string of the molecule is CCOc1ccccc1S(=O)(=O)NCC1CCN(C(=O)c2ccncc2)CC1. The molecule has 0 atom stereocenters. The van der Waals surface area contributed by atoms with Gasteiger partial charge in [0.2, 0.25) is 10.0 Å². The lowest BCUT2D eigenvalue weighted by atomic mass is 9.97. The zero-order valence-electron chi connectivity index (χ0n) is 15.9. The highest BCUT2D eigenvalue weighted by Gasteiger charge is 2.26. The molecule has 1 saturated heterocycles. The van der Waals surface area contributed by atoms with E-state index >= 15 is 0 Å². The molecule has 8 heteroatoms. The maximum absolute atomic E-state index is 12.7. The van der Waals surface area contributed by atoms with Gasteiger partial charge in [0.15, 0.2) is 0 Å². The number of pyridine rings is 1. The molecule has 1 amide bonds. The lowest BCUT2D eigenvalue weighted by Gasteiger charge is -2.32. The number of carbonyl (C=O) groups excluding carboxylic acids is 1. The summed E-state index contributed by atoms with van der Waals surface area (Å²) in [5.74, 6) is 0.540.